The van der Waals surface area contributed by atoms with Crippen molar-refractivity contribution in [1.29, 1.82) is 0 Å². The van der Waals surface area contributed by atoms with Crippen molar-refractivity contribution in [1.82, 2.24) is 24.1 Å². The van der Waals surface area contributed by atoms with Crippen LogP contribution in [0.2, 0.25) is 0 Å². The van der Waals surface area contributed by atoms with E-state index < -0.39 is 0 Å². The average molecular weight is 886 g/mol. The summed E-state index contributed by atoms with van der Waals surface area (Å²) in [5.41, 5.74) is 11.0. The van der Waals surface area contributed by atoms with Gasteiger partial charge in [-0.05, 0) is 89.6 Å². The Hall–Kier alpha value is -8.91. The standard InChI is InChI=1S/C61H35N5OS/c1-2-16-40(17-3-1)65-50-22-10-6-18-41(50)43-28-26-39(35-52(43)65)60-62-59(38-27-31-55-49(33-38)44-20-8-12-24-54(44)67-55)63-61(64-60)47-30-29-46-45-21-9-13-25-56(45)68-58(46)57(47)66-51-23-11-7-19-42(51)48-32-36-14-4-5-15-37(36)34-53(48)66/h1-35H. The van der Waals surface area contributed by atoms with E-state index in [1.807, 2.05) is 29.5 Å². The summed E-state index contributed by atoms with van der Waals surface area (Å²) in [4.78, 5) is 16.4. The number of furan rings is 1. The van der Waals surface area contributed by atoms with Crippen LogP contribution in [0, 0.1) is 0 Å². The first-order valence-corrected chi connectivity index (χ1v) is 23.7. The number of nitrogens with zero attached hydrogens (tertiary/aromatic N) is 5. The summed E-state index contributed by atoms with van der Waals surface area (Å²) in [7, 11) is 0. The first kappa shape index (κ1) is 37.3. The minimum atomic E-state index is 0.580. The fourth-order valence-corrected chi connectivity index (χ4v) is 11.9. The largest absolute Gasteiger partial charge is 0.456 e. The summed E-state index contributed by atoms with van der Waals surface area (Å²) < 4.78 is 13.5. The molecule has 0 radical (unpaired) electrons. The van der Waals surface area contributed by atoms with Crippen LogP contribution in [0.4, 0.5) is 0 Å². The molecule has 0 atom stereocenters. The number of para-hydroxylation sites is 4. The van der Waals surface area contributed by atoms with Crippen molar-refractivity contribution in [2.75, 3.05) is 0 Å². The van der Waals surface area contributed by atoms with Crippen molar-refractivity contribution in [2.45, 2.75) is 0 Å². The number of hydrogen-bond acceptors (Lipinski definition) is 5. The van der Waals surface area contributed by atoms with Gasteiger partial charge in [-0.1, -0.05) is 133 Å². The average Bonchev–Trinajstić information content (AvgIpc) is 4.15. The van der Waals surface area contributed by atoms with Gasteiger partial charge in [0.05, 0.1) is 32.5 Å². The third-order valence-corrected chi connectivity index (χ3v) is 14.9. The highest BCUT2D eigenvalue weighted by atomic mass is 32.1. The van der Waals surface area contributed by atoms with Gasteiger partial charge in [-0.3, -0.25) is 0 Å². The molecule has 0 aliphatic carbocycles. The lowest BCUT2D eigenvalue weighted by atomic mass is 10.0. The molecule has 316 valence electrons. The Bertz CT molecular complexity index is 4580. The molecule has 0 bridgehead atoms. The van der Waals surface area contributed by atoms with E-state index in [4.69, 9.17) is 19.4 Å². The number of benzene rings is 10. The molecular weight excluding hydrogens is 851 g/mol. The zero-order valence-electron chi connectivity index (χ0n) is 36.3. The summed E-state index contributed by atoms with van der Waals surface area (Å²) in [5.74, 6) is 1.76. The second-order valence-electron chi connectivity index (χ2n) is 17.5. The molecule has 0 saturated carbocycles. The predicted molar refractivity (Wildman–Crippen MR) is 282 cm³/mol. The summed E-state index contributed by atoms with van der Waals surface area (Å²) in [6.07, 6.45) is 0. The van der Waals surface area contributed by atoms with Crippen LogP contribution < -0.4 is 0 Å². The molecule has 5 heterocycles. The summed E-state index contributed by atoms with van der Waals surface area (Å²) in [6.45, 7) is 0. The fourth-order valence-electron chi connectivity index (χ4n) is 10.7. The second kappa shape index (κ2) is 14.3. The highest BCUT2D eigenvalue weighted by Gasteiger charge is 2.25. The molecule has 0 spiro atoms. The molecule has 0 amide bonds. The molecule has 0 aliphatic heterocycles. The van der Waals surface area contributed by atoms with Crippen LogP contribution in [0.15, 0.2) is 217 Å². The molecule has 0 fully saturated rings. The number of thiophene rings is 1. The van der Waals surface area contributed by atoms with Crippen LogP contribution in [0.5, 0.6) is 0 Å². The molecule has 7 heteroatoms. The van der Waals surface area contributed by atoms with Crippen molar-refractivity contribution in [3.63, 3.8) is 0 Å². The van der Waals surface area contributed by atoms with Crippen molar-refractivity contribution in [3.05, 3.63) is 212 Å². The van der Waals surface area contributed by atoms with Crippen molar-refractivity contribution < 1.29 is 4.42 Å². The zero-order chi connectivity index (χ0) is 44.5. The van der Waals surface area contributed by atoms with E-state index >= 15 is 0 Å². The van der Waals surface area contributed by atoms with Crippen molar-refractivity contribution in [2.24, 2.45) is 0 Å². The minimum absolute atomic E-state index is 0.580. The van der Waals surface area contributed by atoms with Crippen LogP contribution >= 0.6 is 11.3 Å². The Balaban J connectivity index is 1.05. The molecular formula is C61H35N5OS. The molecule has 0 N–H and O–H groups in total. The number of hydrogen-bond donors (Lipinski definition) is 0. The van der Waals surface area contributed by atoms with Gasteiger partial charge in [0, 0.05) is 70.2 Å². The third-order valence-electron chi connectivity index (χ3n) is 13.7. The molecule has 15 aromatic rings. The normalized spacial score (nSPS) is 12.1. The summed E-state index contributed by atoms with van der Waals surface area (Å²) >= 11 is 1.82. The summed E-state index contributed by atoms with van der Waals surface area (Å²) in [5, 5.41) is 11.6. The van der Waals surface area contributed by atoms with Crippen LogP contribution in [-0.4, -0.2) is 24.1 Å². The highest BCUT2D eigenvalue weighted by Crippen LogP contribution is 2.46. The van der Waals surface area contributed by atoms with E-state index in [-0.39, 0.29) is 0 Å². The molecule has 0 aliphatic rings. The van der Waals surface area contributed by atoms with Gasteiger partial charge in [0.25, 0.3) is 0 Å². The van der Waals surface area contributed by atoms with Crippen molar-refractivity contribution >= 4 is 108 Å². The SMILES string of the molecule is c1ccc(-n2c3ccccc3c3ccc(-c4nc(-c5ccc6oc7ccccc7c6c5)nc(-c5ccc6c(sc7ccccc76)c5-n5c6ccccc6c6cc7ccccc7cc65)n4)cc32)cc1. The van der Waals surface area contributed by atoms with Crippen LogP contribution in [0.25, 0.3) is 142 Å². The second-order valence-corrected chi connectivity index (χ2v) is 18.6. The van der Waals surface area contributed by atoms with E-state index in [0.29, 0.717) is 17.5 Å². The molecule has 6 nitrogen and oxygen atoms in total. The van der Waals surface area contributed by atoms with Gasteiger partial charge in [0.2, 0.25) is 0 Å². The Morgan fingerprint density at radius 2 is 0.926 bits per heavy atom. The third kappa shape index (κ3) is 5.48. The topological polar surface area (TPSA) is 61.7 Å². The maximum atomic E-state index is 6.31. The molecule has 0 saturated heterocycles. The number of rotatable bonds is 5. The lowest BCUT2D eigenvalue weighted by Crippen LogP contribution is -2.04. The smallest absolute Gasteiger partial charge is 0.166 e. The maximum absolute atomic E-state index is 6.31. The Labute approximate surface area is 392 Å². The van der Waals surface area contributed by atoms with E-state index in [2.05, 4.69) is 203 Å². The molecule has 0 unspecified atom stereocenters. The van der Waals surface area contributed by atoms with Crippen LogP contribution in [0.3, 0.4) is 0 Å². The monoisotopic (exact) mass is 885 g/mol. The van der Waals surface area contributed by atoms with Crippen molar-refractivity contribution in [3.8, 4) is 45.5 Å². The van der Waals surface area contributed by atoms with Gasteiger partial charge >= 0.3 is 0 Å². The summed E-state index contributed by atoms with van der Waals surface area (Å²) in [6, 6.07) is 75.6. The minimum Gasteiger partial charge on any atom is -0.456 e. The van der Waals surface area contributed by atoms with Gasteiger partial charge < -0.3 is 13.6 Å². The van der Waals surface area contributed by atoms with E-state index in [9.17, 15) is 0 Å². The van der Waals surface area contributed by atoms with E-state index in [0.717, 1.165) is 77.5 Å². The first-order chi connectivity index (χ1) is 33.7. The lowest BCUT2D eigenvalue weighted by Gasteiger charge is -2.16. The van der Waals surface area contributed by atoms with Gasteiger partial charge in [0.1, 0.15) is 11.2 Å². The fraction of sp³-hybridized carbons (Fsp3) is 0. The first-order valence-electron chi connectivity index (χ1n) is 22.8. The Morgan fingerprint density at radius 3 is 1.75 bits per heavy atom. The molecule has 68 heavy (non-hydrogen) atoms. The quantitative estimate of drug-likeness (QED) is 0.173. The molecule has 5 aromatic heterocycles. The highest BCUT2D eigenvalue weighted by molar-refractivity contribution is 7.26. The number of aromatic nitrogens is 5. The van der Waals surface area contributed by atoms with E-state index in [1.54, 1.807) is 0 Å². The Morgan fingerprint density at radius 1 is 0.353 bits per heavy atom. The van der Waals surface area contributed by atoms with Gasteiger partial charge in [-0.25, -0.2) is 15.0 Å². The van der Waals surface area contributed by atoms with Crippen LogP contribution in [-0.2, 0) is 0 Å². The Kier molecular flexibility index (Phi) is 7.85. The van der Waals surface area contributed by atoms with Gasteiger partial charge in [-0.2, -0.15) is 0 Å². The van der Waals surface area contributed by atoms with Gasteiger partial charge in [0.15, 0.2) is 17.5 Å². The maximum Gasteiger partial charge on any atom is 0.166 e. The predicted octanol–water partition coefficient (Wildman–Crippen LogP) is 16.5. The molecule has 10 aromatic carbocycles. The molecule has 15 rings (SSSR count). The number of fused-ring (bicyclic) bond motifs is 13. The zero-order valence-corrected chi connectivity index (χ0v) is 37.1. The van der Waals surface area contributed by atoms with Crippen LogP contribution in [0.1, 0.15) is 0 Å². The lowest BCUT2D eigenvalue weighted by molar-refractivity contribution is 0.669. The van der Waals surface area contributed by atoms with E-state index in [1.165, 1.54) is 47.1 Å². The van der Waals surface area contributed by atoms with Gasteiger partial charge in [-0.15, -0.1) is 11.3 Å².